The van der Waals surface area contributed by atoms with Crippen molar-refractivity contribution in [2.45, 2.75) is 13.5 Å². The number of amides is 1. The summed E-state index contributed by atoms with van der Waals surface area (Å²) < 4.78 is 1.23. The maximum atomic E-state index is 12.6. The van der Waals surface area contributed by atoms with Crippen LogP contribution >= 0.6 is 11.6 Å². The zero-order valence-electron chi connectivity index (χ0n) is 16.5. The lowest BCUT2D eigenvalue weighted by molar-refractivity contribution is 0.101. The van der Waals surface area contributed by atoms with E-state index in [2.05, 4.69) is 26.0 Å². The molecule has 0 atom stereocenters. The maximum absolute atomic E-state index is 12.6. The molecule has 0 unspecified atom stereocenters. The minimum absolute atomic E-state index is 0.158. The van der Waals surface area contributed by atoms with Crippen LogP contribution in [0, 0.1) is 0 Å². The van der Waals surface area contributed by atoms with Crippen LogP contribution in [0.15, 0.2) is 49.2 Å². The van der Waals surface area contributed by atoms with Gasteiger partial charge in [0.2, 0.25) is 0 Å². The van der Waals surface area contributed by atoms with Crippen LogP contribution in [0.25, 0.3) is 11.1 Å². The lowest BCUT2D eigenvalue weighted by Gasteiger charge is -2.34. The zero-order chi connectivity index (χ0) is 21.1. The Morgan fingerprint density at radius 1 is 1.03 bits per heavy atom. The number of aromatic nitrogens is 4. The van der Waals surface area contributed by atoms with E-state index < -0.39 is 0 Å². The summed E-state index contributed by atoms with van der Waals surface area (Å²) in [7, 11) is 0. The van der Waals surface area contributed by atoms with Crippen molar-refractivity contribution >= 4 is 23.4 Å². The third kappa shape index (κ3) is 4.55. The van der Waals surface area contributed by atoms with Crippen LogP contribution in [-0.2, 0) is 6.54 Å². The van der Waals surface area contributed by atoms with Gasteiger partial charge in [0.25, 0.3) is 0 Å². The van der Waals surface area contributed by atoms with Crippen molar-refractivity contribution < 1.29 is 9.59 Å². The van der Waals surface area contributed by atoms with Crippen LogP contribution in [0.4, 0.5) is 4.79 Å². The Morgan fingerprint density at radius 2 is 1.77 bits per heavy atom. The number of benzene rings is 1. The van der Waals surface area contributed by atoms with Crippen molar-refractivity contribution in [1.82, 2.24) is 29.5 Å². The highest BCUT2D eigenvalue weighted by molar-refractivity contribution is 6.31. The molecule has 30 heavy (non-hydrogen) atoms. The van der Waals surface area contributed by atoms with Crippen LogP contribution in [0.1, 0.15) is 23.0 Å². The Hall–Kier alpha value is -3.10. The number of halogens is 1. The number of ketones is 1. The first-order chi connectivity index (χ1) is 14.5. The lowest BCUT2D eigenvalue weighted by atomic mass is 10.1. The predicted octanol–water partition coefficient (Wildman–Crippen LogP) is 2.98. The number of piperazine rings is 1. The fraction of sp³-hybridized carbons (Fsp3) is 0.286. The third-order valence-electron chi connectivity index (χ3n) is 5.05. The Balaban J connectivity index is 1.38. The predicted molar refractivity (Wildman–Crippen MR) is 112 cm³/mol. The van der Waals surface area contributed by atoms with Crippen LogP contribution in [0.5, 0.6) is 0 Å². The van der Waals surface area contributed by atoms with Gasteiger partial charge >= 0.3 is 6.03 Å². The number of hydrogen-bond acceptors (Lipinski definition) is 6. The number of rotatable bonds is 4. The van der Waals surface area contributed by atoms with Crippen molar-refractivity contribution in [3.63, 3.8) is 0 Å². The van der Waals surface area contributed by atoms with Crippen molar-refractivity contribution in [3.05, 3.63) is 65.5 Å². The monoisotopic (exact) mass is 424 g/mol. The number of nitrogens with zero attached hydrogens (tertiary/aromatic N) is 6. The first kappa shape index (κ1) is 20.2. The van der Waals surface area contributed by atoms with E-state index in [9.17, 15) is 9.59 Å². The lowest BCUT2D eigenvalue weighted by Crippen LogP contribution is -2.49. The molecule has 1 aliphatic rings. The van der Waals surface area contributed by atoms with Crippen LogP contribution in [0.3, 0.4) is 0 Å². The molecule has 2 aromatic heterocycles. The van der Waals surface area contributed by atoms with Gasteiger partial charge in [-0.05, 0) is 35.4 Å². The van der Waals surface area contributed by atoms with Gasteiger partial charge < -0.3 is 4.90 Å². The van der Waals surface area contributed by atoms with E-state index in [4.69, 9.17) is 11.6 Å². The standard InChI is InChI=1S/C21H21ClN6O2/c1-15(29)20-2-3-28(25-20)21(30)27-6-4-26(5-7-27)13-16-8-17(10-19(22)9-16)18-11-23-14-24-12-18/h2-3,8-12,14H,4-7,13H2,1H3. The van der Waals surface area contributed by atoms with Crippen molar-refractivity contribution in [3.8, 4) is 11.1 Å². The molecule has 0 saturated carbocycles. The Kier molecular flexibility index (Phi) is 5.87. The summed E-state index contributed by atoms with van der Waals surface area (Å²) in [5.74, 6) is -0.158. The highest BCUT2D eigenvalue weighted by Gasteiger charge is 2.23. The number of Topliss-reactive ketones (excluding diaryl/α,β-unsaturated/α-hetero) is 1. The molecule has 1 aliphatic heterocycles. The minimum Gasteiger partial charge on any atom is -0.320 e. The molecule has 3 aromatic rings. The third-order valence-corrected chi connectivity index (χ3v) is 5.26. The summed E-state index contributed by atoms with van der Waals surface area (Å²) in [5, 5.41) is 4.72. The van der Waals surface area contributed by atoms with Crippen LogP contribution < -0.4 is 0 Å². The van der Waals surface area contributed by atoms with Crippen molar-refractivity contribution in [1.29, 1.82) is 0 Å². The molecule has 1 amide bonds. The van der Waals surface area contributed by atoms with Gasteiger partial charge in [-0.15, -0.1) is 0 Å². The quantitative estimate of drug-likeness (QED) is 0.598. The fourth-order valence-corrected chi connectivity index (χ4v) is 3.73. The number of carbonyl (C=O) groups excluding carboxylic acids is 2. The van der Waals surface area contributed by atoms with Crippen LogP contribution in [0.2, 0.25) is 5.02 Å². The van der Waals surface area contributed by atoms with Gasteiger partial charge in [-0.2, -0.15) is 9.78 Å². The van der Waals surface area contributed by atoms with Gasteiger partial charge in [-0.1, -0.05) is 11.6 Å². The molecule has 3 heterocycles. The second-order valence-corrected chi connectivity index (χ2v) is 7.66. The Morgan fingerprint density at radius 3 is 2.43 bits per heavy atom. The molecule has 1 aromatic carbocycles. The molecule has 9 heteroatoms. The molecule has 154 valence electrons. The van der Waals surface area contributed by atoms with Gasteiger partial charge in [-0.3, -0.25) is 9.69 Å². The summed E-state index contributed by atoms with van der Waals surface area (Å²) in [4.78, 5) is 36.2. The van der Waals surface area contributed by atoms with Gasteiger partial charge in [0.1, 0.15) is 12.0 Å². The Labute approximate surface area is 179 Å². The van der Waals surface area contributed by atoms with Crippen molar-refractivity contribution in [2.75, 3.05) is 26.2 Å². The number of carbonyl (C=O) groups is 2. The summed E-state index contributed by atoms with van der Waals surface area (Å²) in [6.45, 7) is 4.83. The average Bonchev–Trinajstić information content (AvgIpc) is 3.25. The second-order valence-electron chi connectivity index (χ2n) is 7.22. The first-order valence-electron chi connectivity index (χ1n) is 9.63. The normalized spacial score (nSPS) is 14.7. The summed E-state index contributed by atoms with van der Waals surface area (Å²) in [5.41, 5.74) is 3.29. The summed E-state index contributed by atoms with van der Waals surface area (Å²) in [6, 6.07) is 7.30. The van der Waals surface area contributed by atoms with E-state index in [1.165, 1.54) is 24.1 Å². The van der Waals surface area contributed by atoms with E-state index in [1.54, 1.807) is 23.4 Å². The highest BCUT2D eigenvalue weighted by atomic mass is 35.5. The van der Waals surface area contributed by atoms with E-state index in [-0.39, 0.29) is 11.8 Å². The van der Waals surface area contributed by atoms with Gasteiger partial charge in [0.15, 0.2) is 5.78 Å². The molecule has 0 bridgehead atoms. The summed E-state index contributed by atoms with van der Waals surface area (Å²) in [6.07, 6.45) is 6.56. The van der Waals surface area contributed by atoms with Crippen LogP contribution in [-0.4, -0.2) is 67.5 Å². The molecule has 1 saturated heterocycles. The van der Waals surface area contributed by atoms with E-state index in [0.29, 0.717) is 23.8 Å². The van der Waals surface area contributed by atoms with Gasteiger partial charge in [-0.25, -0.2) is 14.8 Å². The van der Waals surface area contributed by atoms with Crippen molar-refractivity contribution in [2.24, 2.45) is 0 Å². The highest BCUT2D eigenvalue weighted by Crippen LogP contribution is 2.25. The van der Waals surface area contributed by atoms with E-state index in [1.807, 2.05) is 12.1 Å². The SMILES string of the molecule is CC(=O)c1ccn(C(=O)N2CCN(Cc3cc(Cl)cc(-c4cncnc4)c3)CC2)n1. The van der Waals surface area contributed by atoms with E-state index >= 15 is 0 Å². The molecule has 0 N–H and O–H groups in total. The molecule has 4 rings (SSSR count). The average molecular weight is 425 g/mol. The first-order valence-corrected chi connectivity index (χ1v) is 10.0. The summed E-state index contributed by atoms with van der Waals surface area (Å²) >= 11 is 6.33. The largest absolute Gasteiger partial charge is 0.344 e. The Bertz CT molecular complexity index is 1060. The molecule has 0 radical (unpaired) electrons. The zero-order valence-corrected chi connectivity index (χ0v) is 17.3. The number of hydrogen-bond donors (Lipinski definition) is 0. The topological polar surface area (TPSA) is 84.2 Å². The molecule has 8 nitrogen and oxygen atoms in total. The molecular weight excluding hydrogens is 404 g/mol. The van der Waals surface area contributed by atoms with Gasteiger partial charge in [0.05, 0.1) is 0 Å². The second kappa shape index (κ2) is 8.73. The molecule has 0 aliphatic carbocycles. The molecule has 0 spiro atoms. The minimum atomic E-state index is -0.212. The van der Waals surface area contributed by atoms with Gasteiger partial charge in [0, 0.05) is 68.8 Å². The molecule has 1 fully saturated rings. The molecular formula is C21H21ClN6O2. The smallest absolute Gasteiger partial charge is 0.320 e. The maximum Gasteiger partial charge on any atom is 0.344 e. The van der Waals surface area contributed by atoms with E-state index in [0.717, 1.165) is 36.3 Å². The fourth-order valence-electron chi connectivity index (χ4n) is 3.48.